The molecule has 1 aromatic carbocycles. The molecule has 0 bridgehead atoms. The zero-order chi connectivity index (χ0) is 9.23. The Bertz CT molecular complexity index is 182. The van der Waals surface area contributed by atoms with E-state index in [0.29, 0.717) is 0 Å². The van der Waals surface area contributed by atoms with E-state index in [2.05, 4.69) is 36.1 Å². The fourth-order valence-corrected chi connectivity index (χ4v) is 0.811. The van der Waals surface area contributed by atoms with Crippen molar-refractivity contribution in [2.75, 3.05) is 6.54 Å². The first-order valence-electron chi connectivity index (χ1n) is 3.55. The summed E-state index contributed by atoms with van der Waals surface area (Å²) >= 11 is 6.22. The fraction of sp³-hybridized carbons (Fsp3) is 0.250. The van der Waals surface area contributed by atoms with Gasteiger partial charge in [-0.15, -0.1) is 0 Å². The molecule has 0 aromatic heterocycles. The number of benzene rings is 1. The summed E-state index contributed by atoms with van der Waals surface area (Å²) in [6.07, 6.45) is 0.987. The van der Waals surface area contributed by atoms with Gasteiger partial charge in [-0.2, -0.15) is 0 Å². The molecule has 2 radical (unpaired) electrons. The standard InChI is InChI=1S/C8H11N.2BrH.Pb/c9-7-6-8-4-2-1-3-5-8;;;/h1-5H,6-7,9H2;2*1H;/q;;;+2/p-2. The third-order valence-corrected chi connectivity index (χ3v) is 1.28. The number of nitrogens with two attached hydrogens (primary N) is 1. The molecule has 12 heavy (non-hydrogen) atoms. The van der Waals surface area contributed by atoms with E-state index in [1.807, 2.05) is 18.2 Å². The minimum absolute atomic E-state index is 0.292. The molecule has 0 amide bonds. The summed E-state index contributed by atoms with van der Waals surface area (Å²) in [6, 6.07) is 10.3. The molecule has 66 valence electrons. The summed E-state index contributed by atoms with van der Waals surface area (Å²) in [5, 5.41) is 0. The van der Waals surface area contributed by atoms with Crippen molar-refractivity contribution in [3.05, 3.63) is 35.9 Å². The van der Waals surface area contributed by atoms with Crippen LogP contribution in [0.5, 0.6) is 0 Å². The van der Waals surface area contributed by atoms with Gasteiger partial charge in [0.2, 0.25) is 0 Å². The minimum atomic E-state index is -0.292. The van der Waals surface area contributed by atoms with E-state index < -0.39 is 0 Å². The molecule has 0 aliphatic rings. The average molecular weight is 488 g/mol. The van der Waals surface area contributed by atoms with Crippen LogP contribution in [-0.4, -0.2) is 26.0 Å². The van der Waals surface area contributed by atoms with Crippen molar-refractivity contribution in [3.8, 4) is 0 Å². The van der Waals surface area contributed by atoms with E-state index in [4.69, 9.17) is 5.73 Å². The van der Waals surface area contributed by atoms with Crippen LogP contribution >= 0.6 is 24.0 Å². The topological polar surface area (TPSA) is 26.0 Å². The Balaban J connectivity index is 0.000000354. The predicted octanol–water partition coefficient (Wildman–Crippen LogP) is 2.50. The quantitative estimate of drug-likeness (QED) is 0.637. The van der Waals surface area contributed by atoms with Gasteiger partial charge in [0.15, 0.2) is 0 Å². The van der Waals surface area contributed by atoms with Gasteiger partial charge in [0.25, 0.3) is 0 Å². The maximum atomic E-state index is 5.36. The third-order valence-electron chi connectivity index (χ3n) is 1.28. The molecule has 0 atom stereocenters. The normalized spacial score (nSPS) is 8.58. The van der Waals surface area contributed by atoms with Gasteiger partial charge >= 0.3 is 43.4 Å². The second-order valence-corrected chi connectivity index (χ2v) is 18.9. The van der Waals surface area contributed by atoms with Gasteiger partial charge in [-0.3, -0.25) is 0 Å². The van der Waals surface area contributed by atoms with E-state index in [-0.39, 0.29) is 19.4 Å². The van der Waals surface area contributed by atoms with Crippen LogP contribution in [-0.2, 0) is 6.42 Å². The molecule has 0 saturated heterocycles. The summed E-state index contributed by atoms with van der Waals surface area (Å²) in [6.45, 7) is 0.740. The van der Waals surface area contributed by atoms with Crippen LogP contribution in [0, 0.1) is 0 Å². The Hall–Kier alpha value is 1.06. The van der Waals surface area contributed by atoms with E-state index in [9.17, 15) is 0 Å². The van der Waals surface area contributed by atoms with Gasteiger partial charge in [0.1, 0.15) is 0 Å². The first-order chi connectivity index (χ1) is 5.85. The van der Waals surface area contributed by atoms with Gasteiger partial charge in [0, 0.05) is 0 Å². The number of halogens is 2. The monoisotopic (exact) mass is 487 g/mol. The molecule has 0 aliphatic heterocycles. The fourth-order valence-electron chi connectivity index (χ4n) is 0.811. The second kappa shape index (κ2) is 10.1. The molecule has 0 unspecified atom stereocenters. The molecular formula is C8H11Br2NPb. The van der Waals surface area contributed by atoms with Crippen molar-refractivity contribution < 1.29 is 0 Å². The van der Waals surface area contributed by atoms with Gasteiger partial charge in [-0.1, -0.05) is 30.3 Å². The van der Waals surface area contributed by atoms with Crippen LogP contribution in [0.2, 0.25) is 0 Å². The van der Waals surface area contributed by atoms with Crippen molar-refractivity contribution in [3.63, 3.8) is 0 Å². The molecule has 0 aliphatic carbocycles. The molecule has 0 heterocycles. The summed E-state index contributed by atoms with van der Waals surface area (Å²) in [5.74, 6) is 0. The zero-order valence-electron chi connectivity index (χ0n) is 6.63. The van der Waals surface area contributed by atoms with Gasteiger partial charge < -0.3 is 5.73 Å². The Morgan fingerprint density at radius 2 is 1.67 bits per heavy atom. The second-order valence-electron chi connectivity index (χ2n) is 2.10. The molecule has 0 fully saturated rings. The van der Waals surface area contributed by atoms with Crippen LogP contribution in [0.3, 0.4) is 0 Å². The molecule has 0 saturated carbocycles. The average Bonchev–Trinajstić information content (AvgIpc) is 2.08. The summed E-state index contributed by atoms with van der Waals surface area (Å²) in [7, 11) is 0. The molecule has 1 nitrogen and oxygen atoms in total. The van der Waals surface area contributed by atoms with E-state index in [1.165, 1.54) is 5.56 Å². The van der Waals surface area contributed by atoms with Crippen LogP contribution in [0.4, 0.5) is 0 Å². The number of hydrogen-bond acceptors (Lipinski definition) is 1. The molecule has 1 rings (SSSR count). The van der Waals surface area contributed by atoms with Crippen LogP contribution < -0.4 is 5.73 Å². The molecule has 0 spiro atoms. The summed E-state index contributed by atoms with van der Waals surface area (Å²) in [5.41, 5.74) is 6.68. The third kappa shape index (κ3) is 7.70. The number of rotatable bonds is 2. The van der Waals surface area contributed by atoms with E-state index in [0.717, 1.165) is 13.0 Å². The zero-order valence-corrected chi connectivity index (χ0v) is 13.7. The first-order valence-corrected chi connectivity index (χ1v) is 20.4. The number of hydrogen-bond donors (Lipinski definition) is 1. The Morgan fingerprint density at radius 3 is 2.08 bits per heavy atom. The van der Waals surface area contributed by atoms with Crippen molar-refractivity contribution in [1.82, 2.24) is 0 Å². The molecule has 1 aromatic rings. The Labute approximate surface area is 96.9 Å². The van der Waals surface area contributed by atoms with Crippen molar-refractivity contribution in [2.45, 2.75) is 6.42 Å². The van der Waals surface area contributed by atoms with Crippen molar-refractivity contribution in [1.29, 1.82) is 0 Å². The van der Waals surface area contributed by atoms with Gasteiger partial charge in [-0.25, -0.2) is 0 Å². The first kappa shape index (κ1) is 13.1. The Morgan fingerprint density at radius 1 is 1.17 bits per heavy atom. The predicted molar refractivity (Wildman–Crippen MR) is 62.8 cm³/mol. The maximum absolute atomic E-state index is 5.36. The van der Waals surface area contributed by atoms with Crippen LogP contribution in [0.15, 0.2) is 30.3 Å². The molecule has 2 N–H and O–H groups in total. The van der Waals surface area contributed by atoms with Gasteiger partial charge in [-0.05, 0) is 18.5 Å². The molecular weight excluding hydrogens is 477 g/mol. The van der Waals surface area contributed by atoms with Crippen LogP contribution in [0.1, 0.15) is 5.56 Å². The summed E-state index contributed by atoms with van der Waals surface area (Å²) < 4.78 is 0. The van der Waals surface area contributed by atoms with Crippen molar-refractivity contribution >= 4 is 43.4 Å². The van der Waals surface area contributed by atoms with Gasteiger partial charge in [0.05, 0.1) is 0 Å². The van der Waals surface area contributed by atoms with E-state index >= 15 is 0 Å². The van der Waals surface area contributed by atoms with Crippen molar-refractivity contribution in [2.24, 2.45) is 5.73 Å². The van der Waals surface area contributed by atoms with E-state index in [1.54, 1.807) is 0 Å². The Kier molecular flexibility index (Phi) is 11.0. The summed E-state index contributed by atoms with van der Waals surface area (Å²) in [4.78, 5) is 0. The SMILES string of the molecule is NCCc1ccccc1.[Br][Pb][Br]. The van der Waals surface area contributed by atoms with Crippen LogP contribution in [0.25, 0.3) is 0 Å². The molecule has 4 heteroatoms.